The lowest BCUT2D eigenvalue weighted by Gasteiger charge is -2.34. The van der Waals surface area contributed by atoms with Crippen LogP contribution in [0.15, 0.2) is 54.6 Å². The Kier molecular flexibility index (Phi) is 5.78. The quantitative estimate of drug-likeness (QED) is 0.596. The van der Waals surface area contributed by atoms with Crippen LogP contribution in [0.1, 0.15) is 5.56 Å². The van der Waals surface area contributed by atoms with E-state index in [0.29, 0.717) is 47.7 Å². The van der Waals surface area contributed by atoms with Crippen molar-refractivity contribution < 1.29 is 4.79 Å². The van der Waals surface area contributed by atoms with Gasteiger partial charge in [-0.2, -0.15) is 4.68 Å². The lowest BCUT2D eigenvalue weighted by atomic mass is 10.2. The average Bonchev–Trinajstić information content (AvgIpc) is 3.25. The van der Waals surface area contributed by atoms with Gasteiger partial charge in [0.05, 0.1) is 15.7 Å². The highest BCUT2D eigenvalue weighted by Gasteiger charge is 2.24. The van der Waals surface area contributed by atoms with Gasteiger partial charge in [0.15, 0.2) is 0 Å². The number of hydrogen-bond donors (Lipinski definition) is 0. The third-order valence-corrected chi connectivity index (χ3v) is 5.55. The fourth-order valence-corrected chi connectivity index (χ4v) is 3.53. The number of nitrogens with zero attached hydrogens (tertiary/aromatic N) is 6. The average molecular weight is 429 g/mol. The van der Waals surface area contributed by atoms with Crippen molar-refractivity contribution in [2.24, 2.45) is 0 Å². The van der Waals surface area contributed by atoms with Gasteiger partial charge in [-0.1, -0.05) is 58.6 Å². The molecule has 1 aliphatic rings. The first-order valence-corrected chi connectivity index (χ1v) is 9.89. The minimum absolute atomic E-state index is 0.0663. The highest BCUT2D eigenvalue weighted by atomic mass is 35.5. The maximum absolute atomic E-state index is 12.5. The summed E-state index contributed by atoms with van der Waals surface area (Å²) in [6, 6.07) is 15.1. The lowest BCUT2D eigenvalue weighted by Crippen LogP contribution is -2.49. The molecular weight excluding hydrogens is 411 g/mol. The second-order valence-electron chi connectivity index (χ2n) is 6.51. The van der Waals surface area contributed by atoms with E-state index in [-0.39, 0.29) is 5.91 Å². The van der Waals surface area contributed by atoms with Crippen molar-refractivity contribution in [3.63, 3.8) is 0 Å². The van der Waals surface area contributed by atoms with Gasteiger partial charge in [0.1, 0.15) is 0 Å². The van der Waals surface area contributed by atoms with Gasteiger partial charge in [-0.15, -0.1) is 0 Å². The highest BCUT2D eigenvalue weighted by molar-refractivity contribution is 6.42. The van der Waals surface area contributed by atoms with Crippen molar-refractivity contribution in [1.82, 2.24) is 25.1 Å². The zero-order valence-electron chi connectivity index (χ0n) is 15.4. The molecule has 3 aromatic rings. The monoisotopic (exact) mass is 428 g/mol. The van der Waals surface area contributed by atoms with Gasteiger partial charge < -0.3 is 9.80 Å². The zero-order chi connectivity index (χ0) is 20.2. The van der Waals surface area contributed by atoms with E-state index >= 15 is 0 Å². The number of piperazine rings is 1. The standard InChI is InChI=1S/C20H18Cl2N6O/c21-17-8-4-5-15(19(17)22)9-10-18(29)26-11-13-27(14-12-26)20-23-24-25-28(20)16-6-2-1-3-7-16/h1-10H,11-14H2/b10-9+. The summed E-state index contributed by atoms with van der Waals surface area (Å²) >= 11 is 12.2. The van der Waals surface area contributed by atoms with Crippen molar-refractivity contribution in [2.45, 2.75) is 0 Å². The minimum atomic E-state index is -0.0663. The summed E-state index contributed by atoms with van der Waals surface area (Å²) in [6.45, 7) is 2.44. The number of carbonyl (C=O) groups excluding carboxylic acids is 1. The molecule has 1 fully saturated rings. The van der Waals surface area contributed by atoms with Gasteiger partial charge in [-0.25, -0.2) is 0 Å². The summed E-state index contributed by atoms with van der Waals surface area (Å²) in [5.74, 6) is 0.605. The maximum atomic E-state index is 12.5. The predicted molar refractivity (Wildman–Crippen MR) is 113 cm³/mol. The second kappa shape index (κ2) is 8.63. The van der Waals surface area contributed by atoms with E-state index in [1.54, 1.807) is 27.8 Å². The van der Waals surface area contributed by atoms with Crippen LogP contribution in [0.5, 0.6) is 0 Å². The molecule has 4 rings (SSSR count). The number of aromatic nitrogens is 4. The molecule has 2 heterocycles. The van der Waals surface area contributed by atoms with E-state index in [1.165, 1.54) is 6.08 Å². The van der Waals surface area contributed by atoms with E-state index in [9.17, 15) is 4.79 Å². The molecule has 1 aromatic heterocycles. The number of benzene rings is 2. The Hall–Kier alpha value is -2.90. The zero-order valence-corrected chi connectivity index (χ0v) is 17.0. The molecular formula is C20H18Cl2N6O. The number of amides is 1. The van der Waals surface area contributed by atoms with Gasteiger partial charge in [0, 0.05) is 32.3 Å². The van der Waals surface area contributed by atoms with Crippen LogP contribution < -0.4 is 4.90 Å². The van der Waals surface area contributed by atoms with Gasteiger partial charge in [-0.05, 0) is 40.3 Å². The molecule has 1 saturated heterocycles. The molecule has 1 aliphatic heterocycles. The van der Waals surface area contributed by atoms with Crippen molar-refractivity contribution in [1.29, 1.82) is 0 Å². The molecule has 0 atom stereocenters. The molecule has 0 spiro atoms. The second-order valence-corrected chi connectivity index (χ2v) is 7.30. The predicted octanol–water partition coefficient (Wildman–Crippen LogP) is 3.33. The van der Waals surface area contributed by atoms with Crippen molar-refractivity contribution >= 4 is 41.1 Å². The number of carbonyl (C=O) groups is 1. The lowest BCUT2D eigenvalue weighted by molar-refractivity contribution is -0.126. The Balaban J connectivity index is 1.40. The Bertz CT molecular complexity index is 1030. The number of rotatable bonds is 4. The van der Waals surface area contributed by atoms with Gasteiger partial charge in [0.25, 0.3) is 0 Å². The Labute approximate surface area is 178 Å². The highest BCUT2D eigenvalue weighted by Crippen LogP contribution is 2.26. The first-order chi connectivity index (χ1) is 14.1. The normalized spacial score (nSPS) is 14.6. The summed E-state index contributed by atoms with van der Waals surface area (Å²) in [4.78, 5) is 16.4. The van der Waals surface area contributed by atoms with Gasteiger partial charge in [-0.3, -0.25) is 4.79 Å². The summed E-state index contributed by atoms with van der Waals surface area (Å²) in [5.41, 5.74) is 1.61. The molecule has 0 radical (unpaired) electrons. The van der Waals surface area contributed by atoms with Gasteiger partial charge >= 0.3 is 0 Å². The topological polar surface area (TPSA) is 67.2 Å². The van der Waals surface area contributed by atoms with Crippen LogP contribution in [0, 0.1) is 0 Å². The van der Waals surface area contributed by atoms with Crippen LogP contribution in [-0.4, -0.2) is 57.2 Å². The Morgan fingerprint density at radius 3 is 2.48 bits per heavy atom. The van der Waals surface area contributed by atoms with Crippen LogP contribution in [0.25, 0.3) is 11.8 Å². The van der Waals surface area contributed by atoms with Crippen LogP contribution in [0.2, 0.25) is 10.0 Å². The first kappa shape index (κ1) is 19.4. The summed E-state index contributed by atoms with van der Waals surface area (Å²) in [5, 5.41) is 13.0. The number of halogens is 2. The van der Waals surface area contributed by atoms with Crippen LogP contribution in [0.3, 0.4) is 0 Å². The molecule has 9 heteroatoms. The minimum Gasteiger partial charge on any atom is -0.336 e. The van der Waals surface area contributed by atoms with Crippen LogP contribution in [0.4, 0.5) is 5.95 Å². The third kappa shape index (κ3) is 4.26. The number of anilines is 1. The van der Waals surface area contributed by atoms with Crippen molar-refractivity contribution in [3.05, 3.63) is 70.2 Å². The molecule has 29 heavy (non-hydrogen) atoms. The first-order valence-electron chi connectivity index (χ1n) is 9.13. The van der Waals surface area contributed by atoms with Crippen LogP contribution >= 0.6 is 23.2 Å². The molecule has 2 aromatic carbocycles. The Morgan fingerprint density at radius 1 is 0.966 bits per heavy atom. The fourth-order valence-electron chi connectivity index (χ4n) is 3.16. The molecule has 0 unspecified atom stereocenters. The molecule has 0 aliphatic carbocycles. The maximum Gasteiger partial charge on any atom is 0.250 e. The van der Waals surface area contributed by atoms with Crippen molar-refractivity contribution in [2.75, 3.05) is 31.1 Å². The molecule has 148 valence electrons. The molecule has 7 nitrogen and oxygen atoms in total. The van der Waals surface area contributed by atoms with E-state index in [0.717, 1.165) is 5.69 Å². The van der Waals surface area contributed by atoms with Crippen LogP contribution in [-0.2, 0) is 4.79 Å². The molecule has 0 N–H and O–H groups in total. The van der Waals surface area contributed by atoms with E-state index in [1.807, 2.05) is 36.4 Å². The third-order valence-electron chi connectivity index (χ3n) is 4.71. The fraction of sp³-hybridized carbons (Fsp3) is 0.200. The molecule has 1 amide bonds. The summed E-state index contributed by atoms with van der Waals surface area (Å²) in [7, 11) is 0. The number of para-hydroxylation sites is 1. The van der Waals surface area contributed by atoms with E-state index < -0.39 is 0 Å². The summed E-state index contributed by atoms with van der Waals surface area (Å²) in [6.07, 6.45) is 3.22. The van der Waals surface area contributed by atoms with Crippen molar-refractivity contribution in [3.8, 4) is 5.69 Å². The van der Waals surface area contributed by atoms with Gasteiger partial charge in [0.2, 0.25) is 11.9 Å². The van der Waals surface area contributed by atoms with E-state index in [4.69, 9.17) is 23.2 Å². The molecule has 0 saturated carbocycles. The largest absolute Gasteiger partial charge is 0.336 e. The Morgan fingerprint density at radius 2 is 1.72 bits per heavy atom. The summed E-state index contributed by atoms with van der Waals surface area (Å²) < 4.78 is 1.71. The number of hydrogen-bond acceptors (Lipinski definition) is 5. The smallest absolute Gasteiger partial charge is 0.250 e. The SMILES string of the molecule is O=C(/C=C/c1cccc(Cl)c1Cl)N1CCN(c2nnnn2-c2ccccc2)CC1. The number of tetrazole rings is 1. The van der Waals surface area contributed by atoms with E-state index in [2.05, 4.69) is 20.4 Å². The molecule has 0 bridgehead atoms.